The lowest BCUT2D eigenvalue weighted by atomic mass is 10.1. The molecule has 0 unspecified atom stereocenters. The lowest BCUT2D eigenvalue weighted by Crippen LogP contribution is -2.74. The number of fused-ring (bicyclic) bond motifs is 9. The van der Waals surface area contributed by atoms with Gasteiger partial charge in [0.2, 0.25) is 0 Å². The summed E-state index contributed by atoms with van der Waals surface area (Å²) in [7, 11) is -3.13. The van der Waals surface area contributed by atoms with Gasteiger partial charge in [-0.05, 0) is 51.1 Å². The van der Waals surface area contributed by atoms with Crippen molar-refractivity contribution in [3.63, 3.8) is 0 Å². The molecule has 300 valence electrons. The van der Waals surface area contributed by atoms with E-state index in [9.17, 15) is 0 Å². The number of benzene rings is 9. The van der Waals surface area contributed by atoms with E-state index < -0.39 is 8.07 Å². The first kappa shape index (κ1) is 36.3. The van der Waals surface area contributed by atoms with Crippen LogP contribution >= 0.6 is 0 Å². The zero-order valence-corrected chi connectivity index (χ0v) is 35.6. The largest absolute Gasteiger partial charge is 0.456 e. The molecule has 0 aliphatic rings. The van der Waals surface area contributed by atoms with Gasteiger partial charge in [0, 0.05) is 43.9 Å². The molecule has 4 heterocycles. The summed E-state index contributed by atoms with van der Waals surface area (Å²) in [5, 5.41) is 11.9. The van der Waals surface area contributed by atoms with Crippen LogP contribution in [0.5, 0.6) is 0 Å². The fourth-order valence-corrected chi connectivity index (χ4v) is 15.3. The summed E-state index contributed by atoms with van der Waals surface area (Å²) in [6, 6.07) is 82.8. The van der Waals surface area contributed by atoms with E-state index in [0.29, 0.717) is 5.82 Å². The van der Waals surface area contributed by atoms with E-state index in [1.165, 1.54) is 42.3 Å². The van der Waals surface area contributed by atoms with Gasteiger partial charge in [-0.15, -0.1) is 0 Å². The molecular weight excluding hydrogens is 797 g/mol. The maximum atomic E-state index is 6.93. The number of nitrogens with zero attached hydrogens (tertiary/aromatic N) is 4. The summed E-state index contributed by atoms with van der Waals surface area (Å²) in [6.45, 7) is 0. The average Bonchev–Trinajstić information content (AvgIpc) is 4.03. The average molecular weight is 835 g/mol. The molecule has 64 heavy (non-hydrogen) atoms. The third kappa shape index (κ3) is 5.36. The van der Waals surface area contributed by atoms with Gasteiger partial charge in [0.05, 0.1) is 22.1 Å². The standard InChI is InChI=1S/C58H38N4OSi/c1-3-20-40(21-4-1)64(41-22-5-2-6-23-41,54-36-18-30-48-47-29-11-16-35-53(47)63-57(48)54)42-24-17-19-39(37-42)58-59-55(61-49-31-12-7-25-43(49)44-26-8-13-32-50(44)61)38-56(60-58)62-51-33-14-9-27-45(51)46-28-10-15-34-52(46)62/h1-38H. The Balaban J connectivity index is 1.13. The Morgan fingerprint density at radius 1 is 0.344 bits per heavy atom. The Kier molecular flexibility index (Phi) is 8.16. The maximum Gasteiger partial charge on any atom is 0.184 e. The Hall–Kier alpha value is -8.32. The third-order valence-corrected chi connectivity index (χ3v) is 17.9. The molecule has 13 aromatic rings. The van der Waals surface area contributed by atoms with Crippen LogP contribution in [0.1, 0.15) is 0 Å². The van der Waals surface area contributed by atoms with Gasteiger partial charge in [-0.25, -0.2) is 9.97 Å². The van der Waals surface area contributed by atoms with E-state index in [1.54, 1.807) is 0 Å². The van der Waals surface area contributed by atoms with Crippen LogP contribution in [0.2, 0.25) is 0 Å². The molecule has 0 atom stereocenters. The molecule has 0 aliphatic carbocycles. The van der Waals surface area contributed by atoms with E-state index >= 15 is 0 Å². The third-order valence-electron chi connectivity index (χ3n) is 13.1. The van der Waals surface area contributed by atoms with Gasteiger partial charge in [0.15, 0.2) is 13.9 Å². The number of aromatic nitrogens is 4. The van der Waals surface area contributed by atoms with Gasteiger partial charge in [-0.2, -0.15) is 0 Å². The van der Waals surface area contributed by atoms with Crippen LogP contribution in [0.25, 0.3) is 88.6 Å². The zero-order chi connectivity index (χ0) is 42.2. The molecule has 0 spiro atoms. The predicted molar refractivity (Wildman–Crippen MR) is 267 cm³/mol. The first-order chi connectivity index (χ1) is 31.8. The SMILES string of the molecule is c1ccc([Si](c2ccccc2)(c2cccc(-c3nc(-n4c5ccccc5c5ccccc54)cc(-n4c5ccccc5c5ccccc54)n3)c2)c2cccc3c2oc2ccccc23)cc1. The van der Waals surface area contributed by atoms with Crippen molar-refractivity contribution >= 4 is 94.4 Å². The van der Waals surface area contributed by atoms with Gasteiger partial charge >= 0.3 is 0 Å². The van der Waals surface area contributed by atoms with E-state index in [1.807, 2.05) is 6.07 Å². The molecule has 6 heteroatoms. The molecule has 0 N–H and O–H groups in total. The Labute approximate surface area is 369 Å². The van der Waals surface area contributed by atoms with Crippen LogP contribution in [0.3, 0.4) is 0 Å². The fraction of sp³-hybridized carbons (Fsp3) is 0. The molecule has 4 aromatic heterocycles. The number of para-hydroxylation sites is 6. The fourth-order valence-electron chi connectivity index (χ4n) is 10.4. The Bertz CT molecular complexity index is 3640. The second-order valence-electron chi connectivity index (χ2n) is 16.5. The van der Waals surface area contributed by atoms with Crippen molar-refractivity contribution < 1.29 is 4.42 Å². The molecular formula is C58H38N4OSi. The first-order valence-corrected chi connectivity index (χ1v) is 23.7. The number of hydrogen-bond acceptors (Lipinski definition) is 3. The van der Waals surface area contributed by atoms with E-state index in [2.05, 4.69) is 234 Å². The second kappa shape index (κ2) is 14.4. The minimum Gasteiger partial charge on any atom is -0.456 e. The van der Waals surface area contributed by atoms with Crippen molar-refractivity contribution in [3.05, 3.63) is 231 Å². The summed E-state index contributed by atoms with van der Waals surface area (Å²) in [5.74, 6) is 2.24. The predicted octanol–water partition coefficient (Wildman–Crippen LogP) is 11.6. The quantitative estimate of drug-likeness (QED) is 0.119. The molecule has 0 aliphatic heterocycles. The minimum atomic E-state index is -3.13. The van der Waals surface area contributed by atoms with Crippen molar-refractivity contribution in [2.75, 3.05) is 0 Å². The van der Waals surface area contributed by atoms with Crippen LogP contribution < -0.4 is 20.7 Å². The van der Waals surface area contributed by atoms with E-state index in [4.69, 9.17) is 14.4 Å². The summed E-state index contributed by atoms with van der Waals surface area (Å²) >= 11 is 0. The maximum absolute atomic E-state index is 6.93. The van der Waals surface area contributed by atoms with E-state index in [-0.39, 0.29) is 0 Å². The summed E-state index contributed by atoms with van der Waals surface area (Å²) in [5.41, 5.74) is 7.11. The highest BCUT2D eigenvalue weighted by Crippen LogP contribution is 2.36. The number of rotatable bonds is 7. The highest BCUT2D eigenvalue weighted by molar-refractivity contribution is 7.20. The van der Waals surface area contributed by atoms with Gasteiger partial charge < -0.3 is 4.42 Å². The monoisotopic (exact) mass is 834 g/mol. The molecule has 0 amide bonds. The molecule has 9 aromatic carbocycles. The smallest absolute Gasteiger partial charge is 0.184 e. The van der Waals surface area contributed by atoms with Gasteiger partial charge in [-0.3, -0.25) is 9.13 Å². The Morgan fingerprint density at radius 2 is 0.766 bits per heavy atom. The molecule has 5 nitrogen and oxygen atoms in total. The number of furan rings is 1. The van der Waals surface area contributed by atoms with Crippen LogP contribution in [-0.2, 0) is 0 Å². The van der Waals surface area contributed by atoms with Gasteiger partial charge in [0.25, 0.3) is 0 Å². The van der Waals surface area contributed by atoms with Gasteiger partial charge in [0.1, 0.15) is 22.8 Å². The normalized spacial score (nSPS) is 12.1. The molecule has 0 radical (unpaired) electrons. The minimum absolute atomic E-state index is 0.643. The highest BCUT2D eigenvalue weighted by Gasteiger charge is 2.44. The van der Waals surface area contributed by atoms with Crippen molar-refractivity contribution in [2.45, 2.75) is 0 Å². The molecule has 0 saturated carbocycles. The summed E-state index contributed by atoms with van der Waals surface area (Å²) in [4.78, 5) is 11.1. The molecule has 0 fully saturated rings. The summed E-state index contributed by atoms with van der Waals surface area (Å²) < 4.78 is 11.5. The first-order valence-electron chi connectivity index (χ1n) is 21.7. The van der Waals surface area contributed by atoms with Gasteiger partial charge in [-0.1, -0.05) is 194 Å². The topological polar surface area (TPSA) is 48.8 Å². The summed E-state index contributed by atoms with van der Waals surface area (Å²) in [6.07, 6.45) is 0. The van der Waals surface area contributed by atoms with Crippen molar-refractivity contribution in [3.8, 4) is 23.0 Å². The van der Waals surface area contributed by atoms with Crippen LogP contribution in [0.4, 0.5) is 0 Å². The van der Waals surface area contributed by atoms with Crippen LogP contribution in [-0.4, -0.2) is 27.2 Å². The lowest BCUT2D eigenvalue weighted by molar-refractivity contribution is 0.671. The molecule has 13 rings (SSSR count). The molecule has 0 saturated heterocycles. The highest BCUT2D eigenvalue weighted by atomic mass is 28.3. The lowest BCUT2D eigenvalue weighted by Gasteiger charge is -2.34. The Morgan fingerprint density at radius 3 is 1.30 bits per heavy atom. The zero-order valence-electron chi connectivity index (χ0n) is 34.6. The van der Waals surface area contributed by atoms with E-state index in [0.717, 1.165) is 61.2 Å². The van der Waals surface area contributed by atoms with Crippen molar-refractivity contribution in [2.24, 2.45) is 0 Å². The van der Waals surface area contributed by atoms with Crippen molar-refractivity contribution in [1.29, 1.82) is 0 Å². The van der Waals surface area contributed by atoms with Crippen LogP contribution in [0, 0.1) is 0 Å². The van der Waals surface area contributed by atoms with Crippen molar-refractivity contribution in [1.82, 2.24) is 19.1 Å². The van der Waals surface area contributed by atoms with Crippen LogP contribution in [0.15, 0.2) is 235 Å². The molecule has 0 bridgehead atoms. The second-order valence-corrected chi connectivity index (χ2v) is 20.3. The number of hydrogen-bond donors (Lipinski definition) is 0.